The second-order valence-electron chi connectivity index (χ2n) is 7.14. The maximum absolute atomic E-state index is 12.6. The number of halogens is 2. The number of hydrogen-bond acceptors (Lipinski definition) is 4. The van der Waals surface area contributed by atoms with Gasteiger partial charge >= 0.3 is 0 Å². The van der Waals surface area contributed by atoms with Gasteiger partial charge in [0.1, 0.15) is 5.69 Å². The SMILES string of the molecule is CN1CCCC(CN(C)C(=O)c2ccn(C3CCCNC3)n2)C1.Cl.Cl. The van der Waals surface area contributed by atoms with Crippen molar-refractivity contribution in [2.45, 2.75) is 31.7 Å². The lowest BCUT2D eigenvalue weighted by Gasteiger charge is -2.32. The smallest absolute Gasteiger partial charge is 0.274 e. The van der Waals surface area contributed by atoms with Crippen molar-refractivity contribution in [3.63, 3.8) is 0 Å². The Balaban J connectivity index is 0.00000156. The molecule has 1 aromatic heterocycles. The minimum atomic E-state index is 0. The summed E-state index contributed by atoms with van der Waals surface area (Å²) in [6.45, 7) is 5.11. The maximum atomic E-state index is 12.6. The van der Waals surface area contributed by atoms with Crippen molar-refractivity contribution >= 4 is 30.7 Å². The van der Waals surface area contributed by atoms with Gasteiger partial charge in [-0.25, -0.2) is 0 Å². The second kappa shape index (κ2) is 10.4. The number of amides is 1. The molecule has 0 spiro atoms. The molecular formula is C17H31Cl2N5O. The monoisotopic (exact) mass is 391 g/mol. The van der Waals surface area contributed by atoms with E-state index in [1.165, 1.54) is 25.8 Å². The van der Waals surface area contributed by atoms with Crippen LogP contribution in [0.3, 0.4) is 0 Å². The fraction of sp³-hybridized carbons (Fsp3) is 0.765. The van der Waals surface area contributed by atoms with E-state index < -0.39 is 0 Å². The molecule has 2 aliphatic heterocycles. The Labute approximate surface area is 163 Å². The summed E-state index contributed by atoms with van der Waals surface area (Å²) in [5.74, 6) is 0.619. The lowest BCUT2D eigenvalue weighted by molar-refractivity contribution is 0.0733. The lowest BCUT2D eigenvalue weighted by Crippen LogP contribution is -2.40. The number of rotatable bonds is 4. The summed E-state index contributed by atoms with van der Waals surface area (Å²) >= 11 is 0. The van der Waals surface area contributed by atoms with Crippen LogP contribution in [0, 0.1) is 5.92 Å². The zero-order valence-corrected chi connectivity index (χ0v) is 16.8. The van der Waals surface area contributed by atoms with Gasteiger partial charge in [0.05, 0.1) is 6.04 Å². The van der Waals surface area contributed by atoms with Crippen molar-refractivity contribution in [3.05, 3.63) is 18.0 Å². The summed E-state index contributed by atoms with van der Waals surface area (Å²) in [6, 6.07) is 2.24. The molecule has 144 valence electrons. The van der Waals surface area contributed by atoms with Gasteiger partial charge < -0.3 is 15.1 Å². The standard InChI is InChI=1S/C17H29N5O.2ClH/c1-20-9-4-5-14(12-20)13-21(2)17(23)16-7-10-22(19-16)15-6-3-8-18-11-15;;/h7,10,14-15,18H,3-6,8-9,11-13H2,1-2H3;2*1H. The first-order valence-corrected chi connectivity index (χ1v) is 8.83. The highest BCUT2D eigenvalue weighted by Crippen LogP contribution is 2.18. The van der Waals surface area contributed by atoms with Gasteiger partial charge in [0.25, 0.3) is 5.91 Å². The molecule has 25 heavy (non-hydrogen) atoms. The average molecular weight is 392 g/mol. The molecule has 8 heteroatoms. The Morgan fingerprint density at radius 1 is 1.36 bits per heavy atom. The van der Waals surface area contributed by atoms with E-state index in [-0.39, 0.29) is 30.7 Å². The molecule has 2 aliphatic rings. The van der Waals surface area contributed by atoms with Gasteiger partial charge in [0.15, 0.2) is 0 Å². The fourth-order valence-electron chi connectivity index (χ4n) is 3.80. The Kier molecular flexibility index (Phi) is 9.21. The molecule has 0 aromatic carbocycles. The summed E-state index contributed by atoms with van der Waals surface area (Å²) in [7, 11) is 4.06. The minimum Gasteiger partial charge on any atom is -0.340 e. The lowest BCUT2D eigenvalue weighted by atomic mass is 9.98. The van der Waals surface area contributed by atoms with Crippen LogP contribution in [0.5, 0.6) is 0 Å². The largest absolute Gasteiger partial charge is 0.340 e. The third kappa shape index (κ3) is 5.84. The van der Waals surface area contributed by atoms with E-state index in [1.807, 2.05) is 28.9 Å². The number of likely N-dealkylation sites (tertiary alicyclic amines) is 1. The van der Waals surface area contributed by atoms with Gasteiger partial charge in [-0.2, -0.15) is 5.10 Å². The van der Waals surface area contributed by atoms with Crippen LogP contribution >= 0.6 is 24.8 Å². The molecule has 2 unspecified atom stereocenters. The Morgan fingerprint density at radius 2 is 2.16 bits per heavy atom. The predicted molar refractivity (Wildman–Crippen MR) is 105 cm³/mol. The van der Waals surface area contributed by atoms with E-state index in [9.17, 15) is 4.79 Å². The van der Waals surface area contributed by atoms with Crippen LogP contribution in [-0.4, -0.2) is 72.3 Å². The van der Waals surface area contributed by atoms with E-state index in [4.69, 9.17) is 0 Å². The van der Waals surface area contributed by atoms with Crippen molar-refractivity contribution < 1.29 is 4.79 Å². The van der Waals surface area contributed by atoms with Crippen LogP contribution < -0.4 is 5.32 Å². The number of hydrogen-bond donors (Lipinski definition) is 1. The molecule has 1 N–H and O–H groups in total. The zero-order valence-electron chi connectivity index (χ0n) is 15.2. The van der Waals surface area contributed by atoms with Crippen LogP contribution in [0.25, 0.3) is 0 Å². The first-order chi connectivity index (χ1) is 11.1. The predicted octanol–water partition coefficient (Wildman–Crippen LogP) is 2.07. The van der Waals surface area contributed by atoms with Crippen molar-refractivity contribution in [3.8, 4) is 0 Å². The summed E-state index contributed by atoms with van der Waals surface area (Å²) in [5.41, 5.74) is 0.572. The van der Waals surface area contributed by atoms with Crippen LogP contribution in [0.15, 0.2) is 12.3 Å². The molecule has 1 amide bonds. The Bertz CT molecular complexity index is 533. The van der Waals surface area contributed by atoms with Gasteiger partial charge in [0, 0.05) is 32.9 Å². The summed E-state index contributed by atoms with van der Waals surface area (Å²) in [6.07, 6.45) is 6.69. The highest BCUT2D eigenvalue weighted by molar-refractivity contribution is 5.92. The third-order valence-corrected chi connectivity index (χ3v) is 5.07. The van der Waals surface area contributed by atoms with Crippen molar-refractivity contribution in [1.82, 2.24) is 24.9 Å². The van der Waals surface area contributed by atoms with Gasteiger partial charge in [-0.05, 0) is 57.8 Å². The van der Waals surface area contributed by atoms with Crippen LogP contribution in [-0.2, 0) is 0 Å². The van der Waals surface area contributed by atoms with Crippen LogP contribution in [0.4, 0.5) is 0 Å². The van der Waals surface area contributed by atoms with Gasteiger partial charge in [-0.15, -0.1) is 24.8 Å². The maximum Gasteiger partial charge on any atom is 0.274 e. The number of nitrogens with zero attached hydrogens (tertiary/aromatic N) is 4. The Morgan fingerprint density at radius 3 is 2.84 bits per heavy atom. The fourth-order valence-corrected chi connectivity index (χ4v) is 3.80. The number of carbonyl (C=O) groups is 1. The first-order valence-electron chi connectivity index (χ1n) is 8.83. The number of piperidine rings is 2. The van der Waals surface area contributed by atoms with Crippen molar-refractivity contribution in [2.75, 3.05) is 46.8 Å². The second-order valence-corrected chi connectivity index (χ2v) is 7.14. The van der Waals surface area contributed by atoms with E-state index in [0.29, 0.717) is 17.7 Å². The first kappa shape index (κ1) is 22.2. The molecule has 2 fully saturated rings. The minimum absolute atomic E-state index is 0. The number of carbonyl (C=O) groups excluding carboxylic acids is 1. The average Bonchev–Trinajstić information content (AvgIpc) is 3.05. The number of nitrogens with one attached hydrogen (secondary N) is 1. The van der Waals surface area contributed by atoms with E-state index in [2.05, 4.69) is 22.4 Å². The third-order valence-electron chi connectivity index (χ3n) is 5.07. The zero-order chi connectivity index (χ0) is 16.2. The normalized spacial score (nSPS) is 24.1. The van der Waals surface area contributed by atoms with Crippen LogP contribution in [0.2, 0.25) is 0 Å². The van der Waals surface area contributed by atoms with E-state index in [1.54, 1.807) is 0 Å². The Hall–Kier alpha value is -0.820. The molecule has 0 bridgehead atoms. The van der Waals surface area contributed by atoms with E-state index >= 15 is 0 Å². The van der Waals surface area contributed by atoms with Gasteiger partial charge in [-0.3, -0.25) is 9.48 Å². The molecule has 0 saturated carbocycles. The van der Waals surface area contributed by atoms with Crippen molar-refractivity contribution in [1.29, 1.82) is 0 Å². The summed E-state index contributed by atoms with van der Waals surface area (Å²) < 4.78 is 1.96. The quantitative estimate of drug-likeness (QED) is 0.853. The van der Waals surface area contributed by atoms with Crippen molar-refractivity contribution in [2.24, 2.45) is 5.92 Å². The molecule has 0 radical (unpaired) electrons. The van der Waals surface area contributed by atoms with E-state index in [0.717, 1.165) is 32.6 Å². The molecule has 6 nitrogen and oxygen atoms in total. The highest BCUT2D eigenvalue weighted by atomic mass is 35.5. The molecule has 0 aliphatic carbocycles. The summed E-state index contributed by atoms with van der Waals surface area (Å²) in [4.78, 5) is 16.8. The molecular weight excluding hydrogens is 361 g/mol. The molecule has 3 heterocycles. The topological polar surface area (TPSA) is 53.4 Å². The van der Waals surface area contributed by atoms with Gasteiger partial charge in [0.2, 0.25) is 0 Å². The molecule has 1 aromatic rings. The van der Waals surface area contributed by atoms with Crippen LogP contribution in [0.1, 0.15) is 42.2 Å². The number of aromatic nitrogens is 2. The molecule has 2 atom stereocenters. The summed E-state index contributed by atoms with van der Waals surface area (Å²) in [5, 5.41) is 7.93. The molecule has 3 rings (SSSR count). The highest BCUT2D eigenvalue weighted by Gasteiger charge is 2.23. The van der Waals surface area contributed by atoms with Gasteiger partial charge in [-0.1, -0.05) is 0 Å². The molecule has 2 saturated heterocycles.